The normalized spacial score (nSPS) is 26.2. The average Bonchev–Trinajstić information content (AvgIpc) is 1.98. The maximum atomic E-state index is 13.2. The van der Waals surface area contributed by atoms with E-state index in [1.54, 1.807) is 0 Å². The molecule has 0 spiro atoms. The van der Waals surface area contributed by atoms with Crippen LogP contribution < -0.4 is 0 Å². The molecule has 0 heterocycles. The molecule has 1 aliphatic rings. The molecule has 0 saturated carbocycles. The SMILES string of the molecule is CC(C)CC1CCCC#CC(F)(F)C1. The van der Waals surface area contributed by atoms with Gasteiger partial charge >= 0.3 is 5.92 Å². The van der Waals surface area contributed by atoms with Gasteiger partial charge in [0.25, 0.3) is 0 Å². The van der Waals surface area contributed by atoms with E-state index in [1.807, 2.05) is 0 Å². The Kier molecular flexibility index (Phi) is 3.92. The predicted molar refractivity (Wildman–Crippen MR) is 54.1 cm³/mol. The maximum absolute atomic E-state index is 13.2. The quantitative estimate of drug-likeness (QED) is 0.594. The van der Waals surface area contributed by atoms with Gasteiger partial charge in [0.2, 0.25) is 0 Å². The first kappa shape index (κ1) is 11.5. The third-order valence-corrected chi connectivity index (χ3v) is 2.54. The summed E-state index contributed by atoms with van der Waals surface area (Å²) in [6.45, 7) is 4.17. The van der Waals surface area contributed by atoms with Crippen LogP contribution in [0.3, 0.4) is 0 Å². The summed E-state index contributed by atoms with van der Waals surface area (Å²) in [4.78, 5) is 0. The third kappa shape index (κ3) is 4.09. The molecule has 80 valence electrons. The second-order valence-electron chi connectivity index (χ2n) is 4.60. The molecule has 1 atom stereocenters. The Labute approximate surface area is 85.1 Å². The van der Waals surface area contributed by atoms with Gasteiger partial charge in [-0.25, -0.2) is 0 Å². The van der Waals surface area contributed by atoms with Gasteiger partial charge in [0, 0.05) is 12.8 Å². The lowest BCUT2D eigenvalue weighted by Gasteiger charge is -2.22. The van der Waals surface area contributed by atoms with Gasteiger partial charge in [-0.2, -0.15) is 8.78 Å². The molecular weight excluding hydrogens is 182 g/mol. The lowest BCUT2D eigenvalue weighted by molar-refractivity contribution is 0.0315. The highest BCUT2D eigenvalue weighted by Gasteiger charge is 2.31. The summed E-state index contributed by atoms with van der Waals surface area (Å²) in [6, 6.07) is 0. The molecule has 14 heavy (non-hydrogen) atoms. The molecule has 1 aliphatic carbocycles. The molecule has 0 aliphatic heterocycles. The van der Waals surface area contributed by atoms with E-state index in [9.17, 15) is 8.78 Å². The van der Waals surface area contributed by atoms with E-state index in [-0.39, 0.29) is 12.3 Å². The van der Waals surface area contributed by atoms with Crippen LogP contribution in [0.5, 0.6) is 0 Å². The van der Waals surface area contributed by atoms with Crippen molar-refractivity contribution in [2.75, 3.05) is 0 Å². The molecule has 0 amide bonds. The first-order valence-corrected chi connectivity index (χ1v) is 5.37. The fraction of sp³-hybridized carbons (Fsp3) is 0.833. The molecule has 0 saturated heterocycles. The minimum Gasteiger partial charge on any atom is -0.192 e. The molecule has 0 aromatic heterocycles. The summed E-state index contributed by atoms with van der Waals surface area (Å²) in [5, 5.41) is 0. The summed E-state index contributed by atoms with van der Waals surface area (Å²) in [7, 11) is 0. The van der Waals surface area contributed by atoms with Crippen LogP contribution in [-0.2, 0) is 0 Å². The fourth-order valence-corrected chi connectivity index (χ4v) is 2.05. The van der Waals surface area contributed by atoms with Crippen LogP contribution in [0.25, 0.3) is 0 Å². The second-order valence-corrected chi connectivity index (χ2v) is 4.60. The van der Waals surface area contributed by atoms with E-state index in [2.05, 4.69) is 25.7 Å². The van der Waals surface area contributed by atoms with Crippen molar-refractivity contribution in [3.63, 3.8) is 0 Å². The minimum atomic E-state index is -2.75. The van der Waals surface area contributed by atoms with E-state index >= 15 is 0 Å². The maximum Gasteiger partial charge on any atom is 0.308 e. The van der Waals surface area contributed by atoms with Crippen molar-refractivity contribution in [1.29, 1.82) is 0 Å². The summed E-state index contributed by atoms with van der Waals surface area (Å²) in [5.41, 5.74) is 0. The highest BCUT2D eigenvalue weighted by molar-refractivity contribution is 5.10. The van der Waals surface area contributed by atoms with E-state index in [0.717, 1.165) is 19.3 Å². The van der Waals surface area contributed by atoms with Crippen LogP contribution in [0.4, 0.5) is 8.78 Å². The van der Waals surface area contributed by atoms with Gasteiger partial charge in [-0.1, -0.05) is 19.8 Å². The molecule has 0 bridgehead atoms. The number of hydrogen-bond donors (Lipinski definition) is 0. The van der Waals surface area contributed by atoms with Gasteiger partial charge in [-0.05, 0) is 37.0 Å². The van der Waals surface area contributed by atoms with E-state index < -0.39 is 5.92 Å². The van der Waals surface area contributed by atoms with E-state index in [1.165, 1.54) is 0 Å². The van der Waals surface area contributed by atoms with Gasteiger partial charge in [0.15, 0.2) is 0 Å². The van der Waals surface area contributed by atoms with Crippen molar-refractivity contribution in [2.24, 2.45) is 11.8 Å². The highest BCUT2D eigenvalue weighted by Crippen LogP contribution is 2.31. The third-order valence-electron chi connectivity index (χ3n) is 2.54. The molecule has 0 nitrogen and oxygen atoms in total. The Hall–Kier alpha value is -0.580. The Morgan fingerprint density at radius 3 is 2.79 bits per heavy atom. The smallest absolute Gasteiger partial charge is 0.192 e. The Morgan fingerprint density at radius 1 is 1.43 bits per heavy atom. The zero-order valence-electron chi connectivity index (χ0n) is 8.95. The monoisotopic (exact) mass is 200 g/mol. The molecule has 0 aromatic rings. The molecule has 0 radical (unpaired) electrons. The Morgan fingerprint density at radius 2 is 2.14 bits per heavy atom. The Balaban J connectivity index is 2.58. The van der Waals surface area contributed by atoms with E-state index in [0.29, 0.717) is 12.3 Å². The van der Waals surface area contributed by atoms with Crippen LogP contribution in [0.2, 0.25) is 0 Å². The number of hydrogen-bond acceptors (Lipinski definition) is 0. The van der Waals surface area contributed by atoms with Crippen LogP contribution >= 0.6 is 0 Å². The lowest BCUT2D eigenvalue weighted by atomic mass is 9.86. The molecule has 0 fully saturated rings. The second kappa shape index (κ2) is 4.77. The van der Waals surface area contributed by atoms with Gasteiger partial charge in [-0.3, -0.25) is 0 Å². The minimum absolute atomic E-state index is 0.0435. The van der Waals surface area contributed by atoms with Crippen LogP contribution in [-0.4, -0.2) is 5.92 Å². The van der Waals surface area contributed by atoms with Gasteiger partial charge < -0.3 is 0 Å². The predicted octanol–water partition coefficient (Wildman–Crippen LogP) is 3.86. The standard InChI is InChI=1S/C12H18F2/c1-10(2)8-11-6-4-3-5-7-12(13,14)9-11/h10-11H,3-4,6,8-9H2,1-2H3. The zero-order chi connectivity index (χ0) is 10.6. The van der Waals surface area contributed by atoms with Crippen LogP contribution in [0.1, 0.15) is 46.0 Å². The number of rotatable bonds is 2. The molecule has 1 unspecified atom stereocenters. The zero-order valence-corrected chi connectivity index (χ0v) is 8.95. The van der Waals surface area contributed by atoms with Crippen molar-refractivity contribution in [3.8, 4) is 11.8 Å². The van der Waals surface area contributed by atoms with Crippen LogP contribution in [0, 0.1) is 23.7 Å². The Bertz CT molecular complexity index is 232. The van der Waals surface area contributed by atoms with Crippen molar-refractivity contribution >= 4 is 0 Å². The van der Waals surface area contributed by atoms with Gasteiger partial charge in [-0.15, -0.1) is 0 Å². The molecule has 1 rings (SSSR count). The average molecular weight is 200 g/mol. The van der Waals surface area contributed by atoms with Gasteiger partial charge in [0.05, 0.1) is 0 Å². The summed E-state index contributed by atoms with van der Waals surface area (Å²) < 4.78 is 26.3. The highest BCUT2D eigenvalue weighted by atomic mass is 19.3. The topological polar surface area (TPSA) is 0 Å². The number of alkyl halides is 2. The molecule has 2 heteroatoms. The van der Waals surface area contributed by atoms with Crippen molar-refractivity contribution < 1.29 is 8.78 Å². The molecular formula is C12H18F2. The van der Waals surface area contributed by atoms with E-state index in [4.69, 9.17) is 0 Å². The molecule has 0 aromatic carbocycles. The summed E-state index contributed by atoms with van der Waals surface area (Å²) in [6.07, 6.45) is 3.36. The first-order valence-electron chi connectivity index (χ1n) is 5.37. The van der Waals surface area contributed by atoms with Crippen molar-refractivity contribution in [3.05, 3.63) is 0 Å². The summed E-state index contributed by atoms with van der Waals surface area (Å²) >= 11 is 0. The van der Waals surface area contributed by atoms with Crippen LogP contribution in [0.15, 0.2) is 0 Å². The molecule has 0 N–H and O–H groups in total. The van der Waals surface area contributed by atoms with Crippen molar-refractivity contribution in [1.82, 2.24) is 0 Å². The largest absolute Gasteiger partial charge is 0.308 e. The van der Waals surface area contributed by atoms with Gasteiger partial charge in [0.1, 0.15) is 0 Å². The summed E-state index contributed by atoms with van der Waals surface area (Å²) in [5.74, 6) is 2.54. The number of halogens is 2. The first-order chi connectivity index (χ1) is 6.49. The van der Waals surface area contributed by atoms with Crippen molar-refractivity contribution in [2.45, 2.75) is 51.9 Å². The fourth-order valence-electron chi connectivity index (χ4n) is 2.05. The lowest BCUT2D eigenvalue weighted by Crippen LogP contribution is -2.21.